The van der Waals surface area contributed by atoms with Crippen molar-refractivity contribution in [3.8, 4) is 5.75 Å². The number of phenolic OH excluding ortho intramolecular Hbond substituents is 1. The molecule has 4 aliphatic rings. The van der Waals surface area contributed by atoms with Crippen LogP contribution in [0.25, 0.3) is 0 Å². The van der Waals surface area contributed by atoms with Crippen molar-refractivity contribution in [1.29, 1.82) is 0 Å². The lowest BCUT2D eigenvalue weighted by Crippen LogP contribution is -2.53. The van der Waals surface area contributed by atoms with Crippen LogP contribution in [0.2, 0.25) is 0 Å². The van der Waals surface area contributed by atoms with E-state index in [1.165, 1.54) is 0 Å². The fraction of sp³-hybridized carbons (Fsp3) is 0.294. The first-order valence-corrected chi connectivity index (χ1v) is 14.5. The van der Waals surface area contributed by atoms with Crippen molar-refractivity contribution in [2.75, 3.05) is 5.43 Å². The maximum Gasteiger partial charge on any atom is 0.260 e. The van der Waals surface area contributed by atoms with E-state index in [0.29, 0.717) is 22.4 Å². The second-order valence-electron chi connectivity index (χ2n) is 12.1. The number of nitrogens with zero attached hydrogens (tertiary/aromatic N) is 2. The Morgan fingerprint density at radius 1 is 0.837 bits per heavy atom. The zero-order valence-electron chi connectivity index (χ0n) is 23.7. The second-order valence-corrected chi connectivity index (χ2v) is 12.1. The van der Waals surface area contributed by atoms with Gasteiger partial charge < -0.3 is 5.11 Å². The highest BCUT2D eigenvalue weighted by Gasteiger charge is 2.70. The standard InChI is InChI=1S/C34H31N3O6/c1-18-11-13-21(14-12-18)35-36-31(40)26-17-25-22(15-16-23-27(25)32(41)37(43)30(23)39)28(24-10-6-7-19(2)29(24)38)34(26,33(36)42)20-8-4-3-5-9-20/h3-15,23,25-28,35,38,43H,16-17H2,1-2H3. The minimum absolute atomic E-state index is 0.00744. The van der Waals surface area contributed by atoms with Crippen LogP contribution in [-0.2, 0) is 24.6 Å². The molecule has 2 aliphatic carbocycles. The van der Waals surface area contributed by atoms with E-state index in [2.05, 4.69) is 5.43 Å². The van der Waals surface area contributed by atoms with Gasteiger partial charge in [0.05, 0.1) is 28.9 Å². The molecule has 6 unspecified atom stereocenters. The van der Waals surface area contributed by atoms with Gasteiger partial charge in [-0.25, -0.2) is 0 Å². The first kappa shape index (κ1) is 27.1. The molecule has 3 N–H and O–H groups in total. The molecule has 1 saturated carbocycles. The van der Waals surface area contributed by atoms with Gasteiger partial charge in [-0.05, 0) is 55.9 Å². The number of rotatable bonds is 4. The summed E-state index contributed by atoms with van der Waals surface area (Å²) in [4.78, 5) is 55.5. The number of anilines is 1. The number of nitrogens with one attached hydrogen (secondary N) is 1. The van der Waals surface area contributed by atoms with Crippen LogP contribution >= 0.6 is 0 Å². The van der Waals surface area contributed by atoms with Gasteiger partial charge in [0.25, 0.3) is 23.6 Å². The van der Waals surface area contributed by atoms with Crippen LogP contribution < -0.4 is 5.43 Å². The predicted molar refractivity (Wildman–Crippen MR) is 155 cm³/mol. The average molecular weight is 578 g/mol. The summed E-state index contributed by atoms with van der Waals surface area (Å²) in [5, 5.41) is 23.1. The highest BCUT2D eigenvalue weighted by atomic mass is 16.5. The summed E-state index contributed by atoms with van der Waals surface area (Å²) in [6.07, 6.45) is 2.20. The van der Waals surface area contributed by atoms with Gasteiger partial charge in [0.15, 0.2) is 0 Å². The topological polar surface area (TPSA) is 127 Å². The highest BCUT2D eigenvalue weighted by Crippen LogP contribution is 2.64. The Morgan fingerprint density at radius 3 is 2.28 bits per heavy atom. The minimum Gasteiger partial charge on any atom is -0.507 e. The summed E-state index contributed by atoms with van der Waals surface area (Å²) in [7, 11) is 0. The van der Waals surface area contributed by atoms with Crippen LogP contribution in [0, 0.1) is 37.5 Å². The molecule has 2 saturated heterocycles. The third-order valence-corrected chi connectivity index (χ3v) is 9.95. The molecule has 9 heteroatoms. The van der Waals surface area contributed by atoms with E-state index >= 15 is 0 Å². The maximum atomic E-state index is 15.0. The van der Waals surface area contributed by atoms with Crippen LogP contribution in [0.1, 0.15) is 41.0 Å². The van der Waals surface area contributed by atoms with E-state index in [1.54, 1.807) is 37.3 Å². The van der Waals surface area contributed by atoms with Crippen molar-refractivity contribution >= 4 is 29.3 Å². The lowest BCUT2D eigenvalue weighted by Gasteiger charge is -2.50. The molecule has 3 aromatic rings. The average Bonchev–Trinajstić information content (AvgIpc) is 3.37. The van der Waals surface area contributed by atoms with Crippen LogP contribution in [0.4, 0.5) is 5.69 Å². The number of para-hydroxylation sites is 1. The number of allylic oxidation sites excluding steroid dienone is 2. The Hall–Kier alpha value is -4.76. The van der Waals surface area contributed by atoms with E-state index in [4.69, 9.17) is 0 Å². The van der Waals surface area contributed by atoms with Crippen LogP contribution in [0.3, 0.4) is 0 Å². The fourth-order valence-electron chi connectivity index (χ4n) is 7.99. The first-order valence-electron chi connectivity index (χ1n) is 14.5. The Bertz CT molecular complexity index is 1720. The van der Waals surface area contributed by atoms with Crippen molar-refractivity contribution in [2.24, 2.45) is 23.7 Å². The number of fused-ring (bicyclic) bond motifs is 4. The number of hydrogen-bond acceptors (Lipinski definition) is 7. The van der Waals surface area contributed by atoms with E-state index < -0.39 is 58.6 Å². The van der Waals surface area contributed by atoms with Crippen LogP contribution in [-0.4, -0.2) is 44.0 Å². The number of hydrogen-bond donors (Lipinski definition) is 3. The first-order chi connectivity index (χ1) is 20.7. The van der Waals surface area contributed by atoms with E-state index in [0.717, 1.165) is 16.1 Å². The van der Waals surface area contributed by atoms with Crippen LogP contribution in [0.15, 0.2) is 84.4 Å². The number of hydrazine groups is 1. The molecule has 2 heterocycles. The van der Waals surface area contributed by atoms with Crippen LogP contribution in [0.5, 0.6) is 5.75 Å². The van der Waals surface area contributed by atoms with Gasteiger partial charge >= 0.3 is 0 Å². The zero-order valence-corrected chi connectivity index (χ0v) is 23.7. The van der Waals surface area contributed by atoms with Crippen molar-refractivity contribution in [2.45, 2.75) is 38.0 Å². The summed E-state index contributed by atoms with van der Waals surface area (Å²) in [5.41, 5.74) is 5.60. The van der Waals surface area contributed by atoms with Gasteiger partial charge in [-0.2, -0.15) is 10.1 Å². The molecule has 9 nitrogen and oxygen atoms in total. The highest BCUT2D eigenvalue weighted by molar-refractivity contribution is 6.13. The Balaban J connectivity index is 1.48. The second kappa shape index (κ2) is 9.64. The number of benzene rings is 3. The monoisotopic (exact) mass is 577 g/mol. The zero-order chi connectivity index (χ0) is 30.2. The van der Waals surface area contributed by atoms with Crippen molar-refractivity contribution in [1.82, 2.24) is 10.1 Å². The van der Waals surface area contributed by atoms with Gasteiger partial charge in [0.1, 0.15) is 5.75 Å². The van der Waals surface area contributed by atoms with Gasteiger partial charge in [-0.3, -0.25) is 29.8 Å². The molecular formula is C34H31N3O6. The smallest absolute Gasteiger partial charge is 0.260 e. The van der Waals surface area contributed by atoms with E-state index in [-0.39, 0.29) is 23.7 Å². The lowest BCUT2D eigenvalue weighted by molar-refractivity contribution is -0.173. The molecular weight excluding hydrogens is 546 g/mol. The summed E-state index contributed by atoms with van der Waals surface area (Å²) in [5.74, 6) is -6.24. The Kier molecular flexibility index (Phi) is 6.07. The number of carbonyl (C=O) groups is 4. The molecule has 0 spiro atoms. The van der Waals surface area contributed by atoms with Crippen molar-refractivity contribution in [3.63, 3.8) is 0 Å². The number of carbonyl (C=O) groups excluding carboxylic acids is 4. The van der Waals surface area contributed by atoms with E-state index in [1.807, 2.05) is 55.5 Å². The van der Waals surface area contributed by atoms with Gasteiger partial charge in [-0.1, -0.05) is 77.9 Å². The molecule has 43 heavy (non-hydrogen) atoms. The lowest BCUT2D eigenvalue weighted by atomic mass is 9.49. The normalized spacial score (nSPS) is 29.7. The number of aromatic hydroxyl groups is 1. The SMILES string of the molecule is Cc1ccc(NN2C(=O)C3CC4C(=CCC5C(=O)N(O)C(=O)C54)C(c4cccc(C)c4O)C3(c3ccccc3)C2=O)cc1. The van der Waals surface area contributed by atoms with E-state index in [9.17, 15) is 29.5 Å². The summed E-state index contributed by atoms with van der Waals surface area (Å²) < 4.78 is 0. The molecule has 3 aromatic carbocycles. The third kappa shape index (κ3) is 3.67. The van der Waals surface area contributed by atoms with Crippen molar-refractivity contribution < 1.29 is 29.5 Å². The Morgan fingerprint density at radius 2 is 1.56 bits per heavy atom. The predicted octanol–water partition coefficient (Wildman–Crippen LogP) is 4.38. The molecule has 4 amide bonds. The number of hydroxylamine groups is 2. The minimum atomic E-state index is -1.46. The fourth-order valence-corrected chi connectivity index (χ4v) is 7.99. The molecule has 0 bridgehead atoms. The van der Waals surface area contributed by atoms with Gasteiger partial charge in [0, 0.05) is 11.5 Å². The molecule has 7 rings (SSSR count). The molecule has 0 aromatic heterocycles. The number of phenols is 1. The summed E-state index contributed by atoms with van der Waals surface area (Å²) in [6.45, 7) is 3.71. The maximum absolute atomic E-state index is 15.0. The number of aryl methyl sites for hydroxylation is 2. The van der Waals surface area contributed by atoms with Crippen molar-refractivity contribution in [3.05, 3.63) is 107 Å². The summed E-state index contributed by atoms with van der Waals surface area (Å²) >= 11 is 0. The molecule has 218 valence electrons. The molecule has 0 radical (unpaired) electrons. The molecule has 6 atom stereocenters. The quantitative estimate of drug-likeness (QED) is 0.239. The Labute approximate surface area is 248 Å². The number of amides is 4. The van der Waals surface area contributed by atoms with Gasteiger partial charge in [0.2, 0.25) is 0 Å². The summed E-state index contributed by atoms with van der Waals surface area (Å²) in [6, 6.07) is 21.8. The largest absolute Gasteiger partial charge is 0.507 e. The number of imide groups is 2. The van der Waals surface area contributed by atoms with Gasteiger partial charge in [-0.15, -0.1) is 0 Å². The molecule has 3 fully saturated rings. The molecule has 2 aliphatic heterocycles. The third-order valence-electron chi connectivity index (χ3n) is 9.95.